The van der Waals surface area contributed by atoms with Gasteiger partial charge >= 0.3 is 0 Å². The Balaban J connectivity index is 2.13. The third-order valence-electron chi connectivity index (χ3n) is 3.73. The number of anilines is 1. The molecular weight excluding hydrogens is 238 g/mol. The molecule has 1 fully saturated rings. The Bertz CT molecular complexity index is 452. The molecule has 2 rings (SSSR count). The molecule has 1 heterocycles. The highest BCUT2D eigenvalue weighted by Crippen LogP contribution is 2.21. The van der Waals surface area contributed by atoms with Crippen LogP contribution in [-0.4, -0.2) is 43.0 Å². The Hall–Kier alpha value is -1.39. The third kappa shape index (κ3) is 3.14. The van der Waals surface area contributed by atoms with E-state index in [0.717, 1.165) is 18.8 Å². The average Bonchev–Trinajstić information content (AvgIpc) is 2.36. The number of hydrogen-bond acceptors (Lipinski definition) is 3. The van der Waals surface area contributed by atoms with Crippen LogP contribution in [0.1, 0.15) is 18.1 Å². The normalized spacial score (nSPS) is 18.7. The largest absolute Gasteiger partial charge is 0.329 e. The molecule has 1 amide bonds. The predicted molar refractivity (Wildman–Crippen MR) is 78.4 cm³/mol. The van der Waals surface area contributed by atoms with Crippen molar-refractivity contribution in [3.8, 4) is 0 Å². The van der Waals surface area contributed by atoms with E-state index in [1.807, 2.05) is 4.90 Å². The molecule has 0 aliphatic carbocycles. The Morgan fingerprint density at radius 1 is 1.21 bits per heavy atom. The number of carbonyl (C=O) groups excluding carboxylic acids is 1. The molecule has 2 N–H and O–H groups in total. The van der Waals surface area contributed by atoms with Crippen LogP contribution in [0.3, 0.4) is 0 Å². The Kier molecular flexibility index (Phi) is 4.22. The topological polar surface area (TPSA) is 49.6 Å². The van der Waals surface area contributed by atoms with Crippen LogP contribution < -0.4 is 10.6 Å². The number of carbonyl (C=O) groups is 1. The number of nitrogens with two attached hydrogens (primary N) is 1. The highest BCUT2D eigenvalue weighted by atomic mass is 16.2. The number of aryl methyl sites for hydroxylation is 2. The molecule has 1 aliphatic heterocycles. The van der Waals surface area contributed by atoms with Crippen molar-refractivity contribution in [1.82, 2.24) is 4.90 Å². The van der Waals surface area contributed by atoms with Gasteiger partial charge in [-0.15, -0.1) is 0 Å². The van der Waals surface area contributed by atoms with Crippen LogP contribution in [0.4, 0.5) is 5.69 Å². The molecule has 0 aromatic heterocycles. The lowest BCUT2D eigenvalue weighted by atomic mass is 10.1. The lowest BCUT2D eigenvalue weighted by molar-refractivity contribution is -0.121. The Labute approximate surface area is 115 Å². The van der Waals surface area contributed by atoms with E-state index in [1.54, 1.807) is 0 Å². The summed E-state index contributed by atoms with van der Waals surface area (Å²) in [6, 6.07) is 6.55. The highest BCUT2D eigenvalue weighted by molar-refractivity contribution is 5.95. The van der Waals surface area contributed by atoms with Crippen molar-refractivity contribution < 1.29 is 4.79 Å². The molecule has 0 bridgehead atoms. The zero-order valence-corrected chi connectivity index (χ0v) is 12.0. The Morgan fingerprint density at radius 2 is 1.84 bits per heavy atom. The lowest BCUT2D eigenvalue weighted by Crippen LogP contribution is -2.54. The second-order valence-corrected chi connectivity index (χ2v) is 5.45. The van der Waals surface area contributed by atoms with Crippen molar-refractivity contribution >= 4 is 11.6 Å². The van der Waals surface area contributed by atoms with Crippen LogP contribution in [-0.2, 0) is 4.79 Å². The fourth-order valence-electron chi connectivity index (χ4n) is 2.60. The van der Waals surface area contributed by atoms with Crippen molar-refractivity contribution in [3.63, 3.8) is 0 Å². The van der Waals surface area contributed by atoms with Gasteiger partial charge in [0.05, 0.1) is 6.54 Å². The molecule has 4 nitrogen and oxygen atoms in total. The van der Waals surface area contributed by atoms with E-state index in [2.05, 4.69) is 43.9 Å². The molecule has 1 unspecified atom stereocenters. The van der Waals surface area contributed by atoms with Crippen LogP contribution in [0.2, 0.25) is 0 Å². The maximum Gasteiger partial charge on any atom is 0.241 e. The first-order valence-corrected chi connectivity index (χ1v) is 6.84. The standard InChI is InChI=1S/C15H23N3O/c1-11-6-12(2)8-14(7-11)18-5-4-17(10-15(18)19)13(3)9-16/h6-8,13H,4-5,9-10,16H2,1-3H3. The van der Waals surface area contributed by atoms with Gasteiger partial charge in [0.15, 0.2) is 0 Å². The average molecular weight is 261 g/mol. The summed E-state index contributed by atoms with van der Waals surface area (Å²) in [6.07, 6.45) is 0. The summed E-state index contributed by atoms with van der Waals surface area (Å²) in [4.78, 5) is 16.3. The molecule has 1 aromatic rings. The number of amides is 1. The fourth-order valence-corrected chi connectivity index (χ4v) is 2.60. The first kappa shape index (κ1) is 14.0. The van der Waals surface area contributed by atoms with Gasteiger partial charge in [0.1, 0.15) is 0 Å². The van der Waals surface area contributed by atoms with Gasteiger partial charge < -0.3 is 10.6 Å². The third-order valence-corrected chi connectivity index (χ3v) is 3.73. The first-order chi connectivity index (χ1) is 9.01. The summed E-state index contributed by atoms with van der Waals surface area (Å²) in [5, 5.41) is 0. The van der Waals surface area contributed by atoms with Crippen LogP contribution in [0.5, 0.6) is 0 Å². The van der Waals surface area contributed by atoms with Crippen molar-refractivity contribution in [2.75, 3.05) is 31.1 Å². The molecule has 0 spiro atoms. The highest BCUT2D eigenvalue weighted by Gasteiger charge is 2.27. The van der Waals surface area contributed by atoms with Crippen LogP contribution in [0.25, 0.3) is 0 Å². The van der Waals surface area contributed by atoms with Gasteiger partial charge in [-0.05, 0) is 44.0 Å². The van der Waals surface area contributed by atoms with Gasteiger partial charge in [0.25, 0.3) is 0 Å². The molecule has 1 atom stereocenters. The summed E-state index contributed by atoms with van der Waals surface area (Å²) in [7, 11) is 0. The van der Waals surface area contributed by atoms with Crippen molar-refractivity contribution in [1.29, 1.82) is 0 Å². The minimum atomic E-state index is 0.163. The number of rotatable bonds is 3. The van der Waals surface area contributed by atoms with Gasteiger partial charge in [-0.2, -0.15) is 0 Å². The van der Waals surface area contributed by atoms with Crippen LogP contribution in [0.15, 0.2) is 18.2 Å². The summed E-state index contributed by atoms with van der Waals surface area (Å²) in [6.45, 7) is 8.88. The van der Waals surface area contributed by atoms with Gasteiger partial charge in [0, 0.05) is 31.4 Å². The van der Waals surface area contributed by atoms with Crippen molar-refractivity contribution in [2.24, 2.45) is 5.73 Å². The van der Waals surface area contributed by atoms with E-state index < -0.39 is 0 Å². The van der Waals surface area contributed by atoms with Crippen molar-refractivity contribution in [3.05, 3.63) is 29.3 Å². The van der Waals surface area contributed by atoms with Crippen LogP contribution in [0, 0.1) is 13.8 Å². The van der Waals surface area contributed by atoms with E-state index in [-0.39, 0.29) is 11.9 Å². The summed E-state index contributed by atoms with van der Waals surface area (Å²) < 4.78 is 0. The van der Waals surface area contributed by atoms with Crippen LogP contribution >= 0.6 is 0 Å². The monoisotopic (exact) mass is 261 g/mol. The van der Waals surface area contributed by atoms with E-state index in [9.17, 15) is 4.79 Å². The van der Waals surface area contributed by atoms with Gasteiger partial charge in [-0.1, -0.05) is 6.07 Å². The smallest absolute Gasteiger partial charge is 0.241 e. The Morgan fingerprint density at radius 3 is 2.37 bits per heavy atom. The minimum Gasteiger partial charge on any atom is -0.329 e. The number of hydrogen-bond donors (Lipinski definition) is 1. The van der Waals surface area contributed by atoms with E-state index in [4.69, 9.17) is 5.73 Å². The molecule has 0 saturated carbocycles. The lowest BCUT2D eigenvalue weighted by Gasteiger charge is -2.37. The van der Waals surface area contributed by atoms with E-state index in [1.165, 1.54) is 11.1 Å². The summed E-state index contributed by atoms with van der Waals surface area (Å²) in [5.74, 6) is 0.163. The van der Waals surface area contributed by atoms with E-state index in [0.29, 0.717) is 13.1 Å². The van der Waals surface area contributed by atoms with Gasteiger partial charge in [-0.25, -0.2) is 0 Å². The first-order valence-electron chi connectivity index (χ1n) is 6.84. The molecule has 19 heavy (non-hydrogen) atoms. The van der Waals surface area contributed by atoms with Gasteiger partial charge in [-0.3, -0.25) is 9.69 Å². The number of benzene rings is 1. The zero-order chi connectivity index (χ0) is 14.0. The second-order valence-electron chi connectivity index (χ2n) is 5.45. The molecule has 104 valence electrons. The maximum atomic E-state index is 12.3. The van der Waals surface area contributed by atoms with Crippen molar-refractivity contribution in [2.45, 2.75) is 26.8 Å². The molecule has 1 aliphatic rings. The molecule has 0 radical (unpaired) electrons. The summed E-state index contributed by atoms with van der Waals surface area (Å²) in [5.41, 5.74) is 9.07. The number of nitrogens with zero attached hydrogens (tertiary/aromatic N) is 2. The zero-order valence-electron chi connectivity index (χ0n) is 12.0. The minimum absolute atomic E-state index is 0.163. The SMILES string of the molecule is Cc1cc(C)cc(N2CCN(C(C)CN)CC2=O)c1. The summed E-state index contributed by atoms with van der Waals surface area (Å²) >= 11 is 0. The maximum absolute atomic E-state index is 12.3. The number of piperazine rings is 1. The second kappa shape index (κ2) is 5.72. The predicted octanol–water partition coefficient (Wildman–Crippen LogP) is 1.30. The van der Waals surface area contributed by atoms with E-state index >= 15 is 0 Å². The quantitative estimate of drug-likeness (QED) is 0.892. The van der Waals surface area contributed by atoms with Gasteiger partial charge in [0.2, 0.25) is 5.91 Å². The molecular formula is C15H23N3O. The molecule has 1 saturated heterocycles. The molecule has 4 heteroatoms. The fraction of sp³-hybridized carbons (Fsp3) is 0.533. The molecule has 1 aromatic carbocycles.